The number of rotatable bonds is 6. The largest absolute Gasteiger partial charge is 0.377 e. The summed E-state index contributed by atoms with van der Waals surface area (Å²) >= 11 is 0. The van der Waals surface area contributed by atoms with Gasteiger partial charge in [0.1, 0.15) is 6.61 Å². The third kappa shape index (κ3) is 3.72. The highest BCUT2D eigenvalue weighted by molar-refractivity contribution is 5.11. The molecule has 1 saturated heterocycles. The van der Waals surface area contributed by atoms with Gasteiger partial charge in [-0.3, -0.25) is 4.90 Å². The minimum Gasteiger partial charge on any atom is -0.377 e. The summed E-state index contributed by atoms with van der Waals surface area (Å²) in [5.74, 6) is 3.30. The van der Waals surface area contributed by atoms with E-state index in [0.717, 1.165) is 49.2 Å². The predicted molar refractivity (Wildman–Crippen MR) is 91.0 cm³/mol. The van der Waals surface area contributed by atoms with E-state index in [9.17, 15) is 0 Å². The second-order valence-electron chi connectivity index (χ2n) is 7.11. The van der Waals surface area contributed by atoms with Crippen molar-refractivity contribution in [2.24, 2.45) is 0 Å². The molecule has 134 valence electrons. The standard InChI is InChI=1S/C18H25N5O2/c1-12(18-21-17(22-25-18)13-5-6-13)23-9-3-4-14(10-23)15-7-8-19-16(20-15)11-24-2/h7-8,12-14H,3-6,9-11H2,1-2H3/t12-,14+/m1/s1. The van der Waals surface area contributed by atoms with E-state index in [1.807, 2.05) is 12.3 Å². The Morgan fingerprint density at radius 1 is 1.28 bits per heavy atom. The Morgan fingerprint density at radius 3 is 2.96 bits per heavy atom. The highest BCUT2D eigenvalue weighted by atomic mass is 16.5. The van der Waals surface area contributed by atoms with Crippen molar-refractivity contribution in [1.29, 1.82) is 0 Å². The third-order valence-electron chi connectivity index (χ3n) is 5.18. The molecule has 2 fully saturated rings. The molecule has 0 amide bonds. The molecule has 0 radical (unpaired) electrons. The zero-order valence-corrected chi connectivity index (χ0v) is 14.9. The number of likely N-dealkylation sites (tertiary alicyclic amines) is 1. The van der Waals surface area contributed by atoms with Gasteiger partial charge >= 0.3 is 0 Å². The monoisotopic (exact) mass is 343 g/mol. The fraction of sp³-hybridized carbons (Fsp3) is 0.667. The lowest BCUT2D eigenvalue weighted by molar-refractivity contribution is 0.131. The van der Waals surface area contributed by atoms with Crippen LogP contribution in [0.25, 0.3) is 0 Å². The molecule has 4 rings (SSSR count). The Morgan fingerprint density at radius 2 is 2.16 bits per heavy atom. The van der Waals surface area contributed by atoms with E-state index in [2.05, 4.69) is 31.9 Å². The van der Waals surface area contributed by atoms with Crippen LogP contribution in [0.1, 0.15) is 73.7 Å². The van der Waals surface area contributed by atoms with E-state index >= 15 is 0 Å². The van der Waals surface area contributed by atoms with Gasteiger partial charge in [0.25, 0.3) is 0 Å². The summed E-state index contributed by atoms with van der Waals surface area (Å²) in [7, 11) is 1.67. The first-order chi connectivity index (χ1) is 12.2. The minimum absolute atomic E-state index is 0.142. The minimum atomic E-state index is 0.142. The van der Waals surface area contributed by atoms with Crippen LogP contribution in [0.3, 0.4) is 0 Å². The van der Waals surface area contributed by atoms with Gasteiger partial charge in [-0.2, -0.15) is 4.98 Å². The number of hydrogen-bond acceptors (Lipinski definition) is 7. The number of methoxy groups -OCH3 is 1. The lowest BCUT2D eigenvalue weighted by Gasteiger charge is -2.35. The molecule has 25 heavy (non-hydrogen) atoms. The van der Waals surface area contributed by atoms with Gasteiger partial charge in [0, 0.05) is 37.4 Å². The van der Waals surface area contributed by atoms with Gasteiger partial charge in [0.2, 0.25) is 5.89 Å². The second-order valence-corrected chi connectivity index (χ2v) is 7.11. The van der Waals surface area contributed by atoms with Crippen LogP contribution in [0.15, 0.2) is 16.8 Å². The van der Waals surface area contributed by atoms with Gasteiger partial charge in [-0.15, -0.1) is 0 Å². The molecule has 1 saturated carbocycles. The van der Waals surface area contributed by atoms with Gasteiger partial charge in [-0.05, 0) is 45.2 Å². The van der Waals surface area contributed by atoms with Crippen LogP contribution in [0.4, 0.5) is 0 Å². The SMILES string of the molecule is COCc1nccc([C@H]2CCCN([C@H](C)c3nc(C4CC4)no3)C2)n1. The average molecular weight is 343 g/mol. The van der Waals surface area contributed by atoms with Crippen LogP contribution in [-0.2, 0) is 11.3 Å². The number of hydrogen-bond donors (Lipinski definition) is 0. The summed E-state index contributed by atoms with van der Waals surface area (Å²) in [6.45, 7) is 4.61. The predicted octanol–water partition coefficient (Wildman–Crippen LogP) is 2.82. The fourth-order valence-electron chi connectivity index (χ4n) is 3.52. The molecule has 0 aromatic carbocycles. The van der Waals surface area contributed by atoms with Gasteiger partial charge in [0.15, 0.2) is 11.6 Å². The molecule has 2 aromatic rings. The Labute approximate surface area is 147 Å². The van der Waals surface area contributed by atoms with Crippen LogP contribution in [0, 0.1) is 0 Å². The molecule has 0 bridgehead atoms. The Balaban J connectivity index is 1.45. The summed E-state index contributed by atoms with van der Waals surface area (Å²) in [5.41, 5.74) is 1.10. The van der Waals surface area contributed by atoms with E-state index in [0.29, 0.717) is 18.4 Å². The smallest absolute Gasteiger partial charge is 0.243 e. The summed E-state index contributed by atoms with van der Waals surface area (Å²) in [4.78, 5) is 16.0. The maximum atomic E-state index is 5.53. The van der Waals surface area contributed by atoms with Crippen LogP contribution < -0.4 is 0 Å². The first kappa shape index (κ1) is 16.6. The van der Waals surface area contributed by atoms with Crippen LogP contribution in [0.2, 0.25) is 0 Å². The van der Waals surface area contributed by atoms with Crippen molar-refractivity contribution in [2.75, 3.05) is 20.2 Å². The molecular formula is C18H25N5O2. The van der Waals surface area contributed by atoms with E-state index in [4.69, 9.17) is 9.26 Å². The molecule has 7 nitrogen and oxygen atoms in total. The normalized spacial score (nSPS) is 22.9. The van der Waals surface area contributed by atoms with Crippen LogP contribution in [0.5, 0.6) is 0 Å². The zero-order chi connectivity index (χ0) is 17.2. The fourth-order valence-corrected chi connectivity index (χ4v) is 3.52. The van der Waals surface area contributed by atoms with Crippen LogP contribution >= 0.6 is 0 Å². The van der Waals surface area contributed by atoms with Crippen molar-refractivity contribution in [3.63, 3.8) is 0 Å². The van der Waals surface area contributed by atoms with E-state index in [1.54, 1.807) is 7.11 Å². The molecule has 2 aromatic heterocycles. The first-order valence-electron chi connectivity index (χ1n) is 9.13. The maximum Gasteiger partial charge on any atom is 0.243 e. The lowest BCUT2D eigenvalue weighted by atomic mass is 9.93. The quantitative estimate of drug-likeness (QED) is 0.798. The molecule has 1 aliphatic carbocycles. The molecule has 0 N–H and O–H groups in total. The second kappa shape index (κ2) is 7.17. The van der Waals surface area contributed by atoms with E-state index in [-0.39, 0.29) is 6.04 Å². The third-order valence-corrected chi connectivity index (χ3v) is 5.18. The Kier molecular flexibility index (Phi) is 4.76. The Hall–Kier alpha value is -1.86. The number of aromatic nitrogens is 4. The van der Waals surface area contributed by atoms with Crippen molar-refractivity contribution >= 4 is 0 Å². The van der Waals surface area contributed by atoms with Gasteiger partial charge < -0.3 is 9.26 Å². The summed E-state index contributed by atoms with van der Waals surface area (Å²) < 4.78 is 10.7. The van der Waals surface area contributed by atoms with E-state index < -0.39 is 0 Å². The topological polar surface area (TPSA) is 77.2 Å². The first-order valence-corrected chi connectivity index (χ1v) is 9.13. The van der Waals surface area contributed by atoms with Gasteiger partial charge in [-0.1, -0.05) is 5.16 Å². The molecule has 2 atom stereocenters. The number of ether oxygens (including phenoxy) is 1. The molecule has 7 heteroatoms. The highest BCUT2D eigenvalue weighted by Crippen LogP contribution is 2.39. The van der Waals surface area contributed by atoms with Crippen molar-refractivity contribution in [3.8, 4) is 0 Å². The molecular weight excluding hydrogens is 318 g/mol. The van der Waals surface area contributed by atoms with Crippen molar-refractivity contribution < 1.29 is 9.26 Å². The van der Waals surface area contributed by atoms with Crippen LogP contribution in [-0.4, -0.2) is 45.2 Å². The van der Waals surface area contributed by atoms with Crippen molar-refractivity contribution in [3.05, 3.63) is 35.5 Å². The molecule has 0 unspecified atom stereocenters. The van der Waals surface area contributed by atoms with Gasteiger partial charge in [0.05, 0.1) is 6.04 Å². The molecule has 0 spiro atoms. The highest BCUT2D eigenvalue weighted by Gasteiger charge is 2.32. The number of piperidine rings is 1. The summed E-state index contributed by atoms with van der Waals surface area (Å²) in [6, 6.07) is 2.17. The summed E-state index contributed by atoms with van der Waals surface area (Å²) in [5, 5.41) is 4.16. The van der Waals surface area contributed by atoms with Crippen molar-refractivity contribution in [1.82, 2.24) is 25.0 Å². The van der Waals surface area contributed by atoms with Crippen molar-refractivity contribution in [2.45, 2.75) is 57.1 Å². The van der Waals surface area contributed by atoms with Gasteiger partial charge in [-0.25, -0.2) is 9.97 Å². The average Bonchev–Trinajstić information content (AvgIpc) is 3.39. The molecule has 1 aliphatic heterocycles. The molecule has 2 aliphatic rings. The van der Waals surface area contributed by atoms with E-state index in [1.165, 1.54) is 12.8 Å². The zero-order valence-electron chi connectivity index (χ0n) is 14.9. The lowest BCUT2D eigenvalue weighted by Crippen LogP contribution is -2.36. The number of nitrogens with zero attached hydrogens (tertiary/aromatic N) is 5. The molecule has 3 heterocycles. The Bertz CT molecular complexity index is 715. The maximum absolute atomic E-state index is 5.53. The summed E-state index contributed by atoms with van der Waals surface area (Å²) in [6.07, 6.45) is 6.50.